The number of alkyl carbamates (subject to hydrolysis) is 1. The second kappa shape index (κ2) is 6.96. The van der Waals surface area contributed by atoms with Gasteiger partial charge in [0.05, 0.1) is 4.88 Å². The molecule has 0 radical (unpaired) electrons. The minimum absolute atomic E-state index is 0.265. The molecule has 0 saturated carbocycles. The highest BCUT2D eigenvalue weighted by Gasteiger charge is 2.15. The molecule has 0 spiro atoms. The van der Waals surface area contributed by atoms with Crippen molar-refractivity contribution in [3.05, 3.63) is 21.9 Å². The van der Waals surface area contributed by atoms with Crippen LogP contribution in [0.4, 0.5) is 4.79 Å². The number of thiophene rings is 1. The smallest absolute Gasteiger partial charge is 0.407 e. The molecule has 0 bridgehead atoms. The number of ether oxygens (including phenoxy) is 1. The summed E-state index contributed by atoms with van der Waals surface area (Å²) in [5.41, 5.74) is -0.514. The van der Waals surface area contributed by atoms with E-state index in [0.29, 0.717) is 17.8 Å². The lowest BCUT2D eigenvalue weighted by Crippen LogP contribution is -2.32. The summed E-state index contributed by atoms with van der Waals surface area (Å²) in [5.74, 6) is 4.77. The summed E-state index contributed by atoms with van der Waals surface area (Å²) >= 11 is 1.13. The van der Waals surface area contributed by atoms with E-state index in [1.807, 2.05) is 0 Å². The van der Waals surface area contributed by atoms with Crippen LogP contribution in [-0.2, 0) is 4.74 Å². The predicted molar refractivity (Wildman–Crippen MR) is 77.0 cm³/mol. The Morgan fingerprint density at radius 2 is 2.10 bits per heavy atom. The summed E-state index contributed by atoms with van der Waals surface area (Å²) in [5, 5.41) is 11.4. The molecule has 2 N–H and O–H groups in total. The quantitative estimate of drug-likeness (QED) is 0.664. The molecule has 20 heavy (non-hydrogen) atoms. The summed E-state index contributed by atoms with van der Waals surface area (Å²) in [6.07, 6.45) is 0.00287. The van der Waals surface area contributed by atoms with Crippen molar-refractivity contribution in [2.75, 3.05) is 6.54 Å². The number of hydrogen-bond acceptors (Lipinski definition) is 4. The highest BCUT2D eigenvalue weighted by Crippen LogP contribution is 2.14. The molecular formula is C14H17NO4S. The zero-order chi connectivity index (χ0) is 15.2. The third-order valence-electron chi connectivity index (χ3n) is 1.95. The van der Waals surface area contributed by atoms with Gasteiger partial charge in [0, 0.05) is 13.0 Å². The average Bonchev–Trinajstić information content (AvgIpc) is 2.75. The third-order valence-corrected chi connectivity index (χ3v) is 2.94. The Morgan fingerprint density at radius 1 is 1.40 bits per heavy atom. The highest BCUT2D eigenvalue weighted by atomic mass is 32.1. The van der Waals surface area contributed by atoms with Crippen LogP contribution in [0.3, 0.4) is 0 Å². The molecule has 1 rings (SSSR count). The summed E-state index contributed by atoms with van der Waals surface area (Å²) in [7, 11) is 0. The van der Waals surface area contributed by atoms with Gasteiger partial charge in [0.2, 0.25) is 0 Å². The van der Waals surface area contributed by atoms with E-state index in [-0.39, 0.29) is 4.88 Å². The Bertz CT molecular complexity index is 546. The molecule has 0 aliphatic rings. The number of carbonyl (C=O) groups is 2. The van der Waals surface area contributed by atoms with E-state index in [1.165, 1.54) is 6.07 Å². The zero-order valence-corrected chi connectivity index (χ0v) is 12.5. The molecule has 1 amide bonds. The van der Waals surface area contributed by atoms with Crippen LogP contribution >= 0.6 is 11.3 Å². The Balaban J connectivity index is 2.33. The lowest BCUT2D eigenvalue weighted by Gasteiger charge is -2.19. The van der Waals surface area contributed by atoms with Crippen LogP contribution < -0.4 is 5.32 Å². The molecule has 0 aliphatic carbocycles. The van der Waals surface area contributed by atoms with Crippen molar-refractivity contribution in [2.45, 2.75) is 32.8 Å². The first-order chi connectivity index (χ1) is 9.28. The number of carbonyl (C=O) groups excluding carboxylic acids is 1. The maximum Gasteiger partial charge on any atom is 0.407 e. The monoisotopic (exact) mass is 295 g/mol. The summed E-state index contributed by atoms with van der Waals surface area (Å²) in [4.78, 5) is 23.0. The first-order valence-electron chi connectivity index (χ1n) is 6.07. The van der Waals surface area contributed by atoms with E-state index >= 15 is 0 Å². The largest absolute Gasteiger partial charge is 0.477 e. The van der Waals surface area contributed by atoms with Gasteiger partial charge in [-0.3, -0.25) is 0 Å². The molecule has 0 aliphatic heterocycles. The molecule has 1 aromatic rings. The molecule has 0 atom stereocenters. The van der Waals surface area contributed by atoms with Crippen LogP contribution in [0.1, 0.15) is 41.7 Å². The topological polar surface area (TPSA) is 75.6 Å². The highest BCUT2D eigenvalue weighted by molar-refractivity contribution is 7.14. The normalized spacial score (nSPS) is 10.3. The summed E-state index contributed by atoms with van der Waals surface area (Å²) in [6, 6.07) is 3.19. The number of nitrogens with one attached hydrogen (secondary N) is 1. The van der Waals surface area contributed by atoms with E-state index in [4.69, 9.17) is 9.84 Å². The minimum Gasteiger partial charge on any atom is -0.477 e. The van der Waals surface area contributed by atoms with Crippen molar-refractivity contribution in [3.8, 4) is 11.8 Å². The van der Waals surface area contributed by atoms with E-state index < -0.39 is 17.7 Å². The number of carboxylic acids is 1. The minimum atomic E-state index is -0.949. The van der Waals surface area contributed by atoms with E-state index in [1.54, 1.807) is 26.8 Å². The van der Waals surface area contributed by atoms with Gasteiger partial charge in [-0.05, 0) is 32.9 Å². The SMILES string of the molecule is CC(C)(C)OC(=O)NCCC#Cc1ccc(C(=O)O)s1. The molecule has 0 unspecified atom stereocenters. The summed E-state index contributed by atoms with van der Waals surface area (Å²) < 4.78 is 5.07. The maximum atomic E-state index is 11.3. The third kappa shape index (κ3) is 6.25. The molecule has 1 aromatic heterocycles. The molecule has 1 heterocycles. The fourth-order valence-electron chi connectivity index (χ4n) is 1.21. The van der Waals surface area contributed by atoms with Gasteiger partial charge in [-0.1, -0.05) is 11.8 Å². The van der Waals surface area contributed by atoms with Gasteiger partial charge in [0.1, 0.15) is 10.5 Å². The number of rotatable bonds is 3. The molecular weight excluding hydrogens is 278 g/mol. The van der Waals surface area contributed by atoms with Crippen LogP contribution in [0.2, 0.25) is 0 Å². The number of aromatic carboxylic acids is 1. The molecule has 6 heteroatoms. The van der Waals surface area contributed by atoms with Crippen molar-refractivity contribution < 1.29 is 19.4 Å². The van der Waals surface area contributed by atoms with Gasteiger partial charge in [-0.25, -0.2) is 9.59 Å². The van der Waals surface area contributed by atoms with Gasteiger partial charge < -0.3 is 15.2 Å². The lowest BCUT2D eigenvalue weighted by molar-refractivity contribution is 0.0528. The van der Waals surface area contributed by atoms with Crippen LogP contribution in [0, 0.1) is 11.8 Å². The standard InChI is InChI=1S/C14H17NO4S/c1-14(2,3)19-13(18)15-9-5-4-6-10-7-8-11(20-10)12(16)17/h7-8H,5,9H2,1-3H3,(H,15,18)(H,16,17). The predicted octanol–water partition coefficient (Wildman–Crippen LogP) is 2.71. The number of hydrogen-bond donors (Lipinski definition) is 2. The molecule has 0 saturated heterocycles. The zero-order valence-electron chi connectivity index (χ0n) is 11.6. The van der Waals surface area contributed by atoms with Gasteiger partial charge >= 0.3 is 12.1 Å². The van der Waals surface area contributed by atoms with Crippen molar-refractivity contribution >= 4 is 23.4 Å². The molecule has 0 aromatic carbocycles. The van der Waals surface area contributed by atoms with E-state index in [2.05, 4.69) is 17.2 Å². The van der Waals surface area contributed by atoms with E-state index in [9.17, 15) is 9.59 Å². The van der Waals surface area contributed by atoms with Gasteiger partial charge in [0.25, 0.3) is 0 Å². The van der Waals surface area contributed by atoms with Gasteiger partial charge in [-0.2, -0.15) is 0 Å². The summed E-state index contributed by atoms with van der Waals surface area (Å²) in [6.45, 7) is 5.77. The molecule has 0 fully saturated rings. The fraction of sp³-hybridized carbons (Fsp3) is 0.429. The van der Waals surface area contributed by atoms with Crippen LogP contribution in [0.25, 0.3) is 0 Å². The van der Waals surface area contributed by atoms with Gasteiger partial charge in [-0.15, -0.1) is 11.3 Å². The lowest BCUT2D eigenvalue weighted by atomic mass is 10.2. The Morgan fingerprint density at radius 3 is 2.65 bits per heavy atom. The first-order valence-corrected chi connectivity index (χ1v) is 6.88. The number of amides is 1. The molecule has 5 nitrogen and oxygen atoms in total. The second-order valence-electron chi connectivity index (χ2n) is 4.95. The van der Waals surface area contributed by atoms with Crippen molar-refractivity contribution in [3.63, 3.8) is 0 Å². The van der Waals surface area contributed by atoms with Crippen molar-refractivity contribution in [2.24, 2.45) is 0 Å². The maximum absolute atomic E-state index is 11.3. The van der Waals surface area contributed by atoms with Crippen molar-refractivity contribution in [1.82, 2.24) is 5.32 Å². The average molecular weight is 295 g/mol. The van der Waals surface area contributed by atoms with Crippen molar-refractivity contribution in [1.29, 1.82) is 0 Å². The van der Waals surface area contributed by atoms with Crippen LogP contribution in [0.5, 0.6) is 0 Å². The molecule has 108 valence electrons. The Labute approximate surface area is 122 Å². The first kappa shape index (κ1) is 16.1. The van der Waals surface area contributed by atoms with Crippen LogP contribution in [0.15, 0.2) is 12.1 Å². The Kier molecular flexibility index (Phi) is 5.59. The Hall–Kier alpha value is -2.00. The fourth-order valence-corrected chi connectivity index (χ4v) is 1.93. The van der Waals surface area contributed by atoms with Crippen LogP contribution in [-0.4, -0.2) is 29.3 Å². The second-order valence-corrected chi connectivity index (χ2v) is 6.03. The number of carboxylic acid groups (broad SMARTS) is 1. The van der Waals surface area contributed by atoms with Gasteiger partial charge in [0.15, 0.2) is 0 Å². The van der Waals surface area contributed by atoms with E-state index in [0.717, 1.165) is 11.3 Å².